The number of hydrogen-bond acceptors (Lipinski definition) is 1. The number of pyridine rings is 1. The smallest absolute Gasteiger partial charge is 0.0891 e. The fraction of sp³-hybridized carbons (Fsp3) is 0.100. The van der Waals surface area contributed by atoms with Crippen LogP contribution in [0, 0.1) is 0 Å². The second-order valence-electron chi connectivity index (χ2n) is 2.75. The van der Waals surface area contributed by atoms with E-state index in [4.69, 9.17) is 23.2 Å². The average molecular weight is 212 g/mol. The first kappa shape index (κ1) is 8.79. The monoisotopic (exact) mass is 211 g/mol. The zero-order valence-electron chi connectivity index (χ0n) is 6.80. The molecule has 0 radical (unpaired) electrons. The lowest BCUT2D eigenvalue weighted by Crippen LogP contribution is -1.84. The topological polar surface area (TPSA) is 12.9 Å². The molecular formula is C10H7Cl2N. The van der Waals surface area contributed by atoms with Crippen LogP contribution in [0.1, 0.15) is 5.56 Å². The average Bonchev–Trinajstić information content (AvgIpc) is 2.19. The molecule has 2 aromatic rings. The first-order valence-corrected chi connectivity index (χ1v) is 4.82. The number of benzene rings is 1. The molecule has 1 aromatic heterocycles. The van der Waals surface area contributed by atoms with Gasteiger partial charge < -0.3 is 0 Å². The van der Waals surface area contributed by atoms with Gasteiger partial charge in [-0.25, -0.2) is 0 Å². The van der Waals surface area contributed by atoms with Gasteiger partial charge in [0.05, 0.1) is 10.5 Å². The molecule has 1 nitrogen and oxygen atoms in total. The van der Waals surface area contributed by atoms with Gasteiger partial charge in [0.1, 0.15) is 0 Å². The van der Waals surface area contributed by atoms with E-state index in [9.17, 15) is 0 Å². The van der Waals surface area contributed by atoms with Crippen molar-refractivity contribution in [2.45, 2.75) is 5.88 Å². The van der Waals surface area contributed by atoms with Crippen molar-refractivity contribution < 1.29 is 0 Å². The molecule has 0 spiro atoms. The second-order valence-corrected chi connectivity index (χ2v) is 3.39. The van der Waals surface area contributed by atoms with Gasteiger partial charge in [-0.1, -0.05) is 29.8 Å². The summed E-state index contributed by atoms with van der Waals surface area (Å²) in [6.45, 7) is 0. The van der Waals surface area contributed by atoms with Gasteiger partial charge in [0.2, 0.25) is 0 Å². The van der Waals surface area contributed by atoms with Gasteiger partial charge in [0.15, 0.2) is 0 Å². The first-order valence-electron chi connectivity index (χ1n) is 3.91. The van der Waals surface area contributed by atoms with Crippen LogP contribution in [0.25, 0.3) is 10.9 Å². The Morgan fingerprint density at radius 3 is 2.85 bits per heavy atom. The molecule has 0 bridgehead atoms. The largest absolute Gasteiger partial charge is 0.255 e. The van der Waals surface area contributed by atoms with Gasteiger partial charge in [-0.15, -0.1) is 11.6 Å². The highest BCUT2D eigenvalue weighted by Crippen LogP contribution is 2.26. The third-order valence-electron chi connectivity index (χ3n) is 1.94. The molecule has 66 valence electrons. The maximum atomic E-state index is 6.09. The van der Waals surface area contributed by atoms with E-state index in [-0.39, 0.29) is 0 Å². The van der Waals surface area contributed by atoms with Gasteiger partial charge in [-0.05, 0) is 11.6 Å². The summed E-state index contributed by atoms with van der Waals surface area (Å²) < 4.78 is 0. The minimum atomic E-state index is 0.422. The Kier molecular flexibility index (Phi) is 2.38. The van der Waals surface area contributed by atoms with E-state index in [1.807, 2.05) is 24.3 Å². The lowest BCUT2D eigenvalue weighted by Gasteiger charge is -2.02. The Morgan fingerprint density at radius 2 is 2.08 bits per heavy atom. The van der Waals surface area contributed by atoms with Crippen molar-refractivity contribution in [3.8, 4) is 0 Å². The molecule has 0 aliphatic heterocycles. The number of fused-ring (bicyclic) bond motifs is 1. The fourth-order valence-electron chi connectivity index (χ4n) is 1.25. The maximum absolute atomic E-state index is 6.09. The van der Waals surface area contributed by atoms with Crippen LogP contribution >= 0.6 is 23.2 Å². The molecule has 0 aliphatic rings. The summed E-state index contributed by atoms with van der Waals surface area (Å²) >= 11 is 11.8. The predicted octanol–water partition coefficient (Wildman–Crippen LogP) is 3.63. The van der Waals surface area contributed by atoms with Gasteiger partial charge in [-0.3, -0.25) is 4.98 Å². The van der Waals surface area contributed by atoms with Crippen LogP contribution in [-0.2, 0) is 5.88 Å². The number of aromatic nitrogens is 1. The number of alkyl halides is 1. The van der Waals surface area contributed by atoms with Crippen molar-refractivity contribution in [2.75, 3.05) is 0 Å². The van der Waals surface area contributed by atoms with Crippen LogP contribution in [0.15, 0.2) is 30.5 Å². The first-order chi connectivity index (χ1) is 6.33. The Bertz CT molecular complexity index is 440. The van der Waals surface area contributed by atoms with E-state index in [2.05, 4.69) is 4.98 Å². The highest BCUT2D eigenvalue weighted by atomic mass is 35.5. The van der Waals surface area contributed by atoms with E-state index in [1.165, 1.54) is 0 Å². The quantitative estimate of drug-likeness (QED) is 0.657. The number of halogens is 2. The molecule has 0 fully saturated rings. The van der Waals surface area contributed by atoms with E-state index in [0.29, 0.717) is 10.9 Å². The Balaban J connectivity index is 2.79. The van der Waals surface area contributed by atoms with E-state index >= 15 is 0 Å². The lowest BCUT2D eigenvalue weighted by molar-refractivity contribution is 1.36. The van der Waals surface area contributed by atoms with E-state index in [1.54, 1.807) is 6.20 Å². The molecule has 0 atom stereocenters. The second kappa shape index (κ2) is 3.52. The van der Waals surface area contributed by atoms with Crippen molar-refractivity contribution in [3.63, 3.8) is 0 Å². The predicted molar refractivity (Wildman–Crippen MR) is 56.3 cm³/mol. The summed E-state index contributed by atoms with van der Waals surface area (Å²) in [5.74, 6) is 0.422. The molecule has 0 saturated heterocycles. The third-order valence-corrected chi connectivity index (χ3v) is 2.65. The molecule has 0 aliphatic carbocycles. The Morgan fingerprint density at radius 1 is 1.23 bits per heavy atom. The van der Waals surface area contributed by atoms with Crippen LogP contribution in [0.5, 0.6) is 0 Å². The zero-order valence-corrected chi connectivity index (χ0v) is 8.31. The van der Waals surface area contributed by atoms with Crippen LogP contribution in [0.3, 0.4) is 0 Å². The van der Waals surface area contributed by atoms with Crippen molar-refractivity contribution in [3.05, 3.63) is 41.0 Å². The molecule has 3 heteroatoms. The summed E-state index contributed by atoms with van der Waals surface area (Å²) in [6, 6.07) is 7.77. The van der Waals surface area contributed by atoms with Gasteiger partial charge >= 0.3 is 0 Å². The van der Waals surface area contributed by atoms with E-state index < -0.39 is 0 Å². The molecular weight excluding hydrogens is 205 g/mol. The number of hydrogen-bond donors (Lipinski definition) is 0. The lowest BCUT2D eigenvalue weighted by atomic mass is 10.1. The van der Waals surface area contributed by atoms with Crippen molar-refractivity contribution in [2.24, 2.45) is 0 Å². The summed E-state index contributed by atoms with van der Waals surface area (Å²) in [5.41, 5.74) is 1.75. The minimum absolute atomic E-state index is 0.422. The Hall–Kier alpha value is -0.790. The normalized spacial score (nSPS) is 10.6. The number of nitrogens with zero attached hydrogens (tertiary/aromatic N) is 1. The third kappa shape index (κ3) is 1.50. The summed E-state index contributed by atoms with van der Waals surface area (Å²) in [7, 11) is 0. The summed E-state index contributed by atoms with van der Waals surface area (Å²) in [4.78, 5) is 4.20. The molecule has 2 rings (SSSR count). The minimum Gasteiger partial charge on any atom is -0.255 e. The van der Waals surface area contributed by atoms with E-state index in [0.717, 1.165) is 16.5 Å². The standard InChI is InChI=1S/C10H7Cl2N/c11-6-8-4-3-7-2-1-5-13-10(7)9(8)12/h1-5H,6H2. The van der Waals surface area contributed by atoms with Gasteiger partial charge in [0.25, 0.3) is 0 Å². The Labute approximate surface area is 86.3 Å². The van der Waals surface area contributed by atoms with Crippen LogP contribution in [-0.4, -0.2) is 4.98 Å². The van der Waals surface area contributed by atoms with Gasteiger partial charge in [0, 0.05) is 17.5 Å². The zero-order chi connectivity index (χ0) is 9.26. The molecule has 0 unspecified atom stereocenters. The highest BCUT2D eigenvalue weighted by molar-refractivity contribution is 6.36. The van der Waals surface area contributed by atoms with Crippen molar-refractivity contribution >= 4 is 34.1 Å². The van der Waals surface area contributed by atoms with Crippen molar-refractivity contribution in [1.29, 1.82) is 0 Å². The molecule has 13 heavy (non-hydrogen) atoms. The molecule has 0 saturated carbocycles. The fourth-order valence-corrected chi connectivity index (χ4v) is 1.83. The number of rotatable bonds is 1. The molecule has 1 aromatic carbocycles. The van der Waals surface area contributed by atoms with Crippen LogP contribution < -0.4 is 0 Å². The van der Waals surface area contributed by atoms with Crippen LogP contribution in [0.4, 0.5) is 0 Å². The van der Waals surface area contributed by atoms with Crippen molar-refractivity contribution in [1.82, 2.24) is 4.98 Å². The summed E-state index contributed by atoms with van der Waals surface area (Å²) in [5, 5.41) is 1.70. The maximum Gasteiger partial charge on any atom is 0.0891 e. The van der Waals surface area contributed by atoms with Gasteiger partial charge in [-0.2, -0.15) is 0 Å². The molecule has 0 N–H and O–H groups in total. The highest BCUT2D eigenvalue weighted by Gasteiger charge is 2.04. The summed E-state index contributed by atoms with van der Waals surface area (Å²) in [6.07, 6.45) is 1.73. The SMILES string of the molecule is ClCc1ccc2cccnc2c1Cl. The molecule has 1 heterocycles. The molecule has 0 amide bonds. The van der Waals surface area contributed by atoms with Crippen LogP contribution in [0.2, 0.25) is 5.02 Å².